The Morgan fingerprint density at radius 1 is 1.44 bits per heavy atom. The van der Waals surface area contributed by atoms with E-state index in [1.807, 2.05) is 6.07 Å². The second kappa shape index (κ2) is 5.18. The van der Waals surface area contributed by atoms with Crippen LogP contribution in [0.5, 0.6) is 0 Å². The van der Waals surface area contributed by atoms with Crippen LogP contribution in [0.2, 0.25) is 0 Å². The summed E-state index contributed by atoms with van der Waals surface area (Å²) in [5.74, 6) is 0.502. The first kappa shape index (κ1) is 13.2. The molecule has 1 fully saturated rings. The molecule has 4 nitrogen and oxygen atoms in total. The van der Waals surface area contributed by atoms with E-state index in [0.29, 0.717) is 28.6 Å². The van der Waals surface area contributed by atoms with Gasteiger partial charge in [-0.2, -0.15) is 0 Å². The molecule has 0 radical (unpaired) electrons. The number of amides is 1. The molecule has 1 aliphatic rings. The maximum Gasteiger partial charge on any atom is 0.263 e. The van der Waals surface area contributed by atoms with Gasteiger partial charge >= 0.3 is 0 Å². The zero-order valence-electron chi connectivity index (χ0n) is 11.1. The van der Waals surface area contributed by atoms with E-state index in [1.54, 1.807) is 0 Å². The molecule has 1 amide bonds. The van der Waals surface area contributed by atoms with Crippen molar-refractivity contribution in [1.29, 1.82) is 0 Å². The Balaban J connectivity index is 2.03. The quantitative estimate of drug-likeness (QED) is 0.768. The fourth-order valence-electron chi connectivity index (χ4n) is 1.52. The van der Waals surface area contributed by atoms with Gasteiger partial charge in [0.2, 0.25) is 0 Å². The van der Waals surface area contributed by atoms with Gasteiger partial charge < -0.3 is 16.4 Å². The average Bonchev–Trinajstić information content (AvgIpc) is 3.01. The van der Waals surface area contributed by atoms with Crippen molar-refractivity contribution < 1.29 is 4.79 Å². The number of hydrogen-bond acceptors (Lipinski definition) is 4. The van der Waals surface area contributed by atoms with Gasteiger partial charge in [-0.3, -0.25) is 4.79 Å². The third-order valence-electron chi connectivity index (χ3n) is 3.25. The molecule has 1 aromatic heterocycles. The van der Waals surface area contributed by atoms with Crippen molar-refractivity contribution >= 4 is 27.9 Å². The largest absolute Gasteiger partial charge is 0.397 e. The number of carbonyl (C=O) groups excluding carboxylic acids is 1. The van der Waals surface area contributed by atoms with Crippen molar-refractivity contribution in [3.05, 3.63) is 10.9 Å². The smallest absolute Gasteiger partial charge is 0.263 e. The average molecular weight is 267 g/mol. The first-order valence-corrected chi connectivity index (χ1v) is 7.25. The SMILES string of the molecule is CC(C)C(C)Nc1cc(N)c(C(=O)NC2CC2)s1. The van der Waals surface area contributed by atoms with Gasteiger partial charge in [-0.05, 0) is 31.7 Å². The van der Waals surface area contributed by atoms with Crippen LogP contribution in [0.1, 0.15) is 43.3 Å². The summed E-state index contributed by atoms with van der Waals surface area (Å²) in [5, 5.41) is 7.32. The number of nitrogen functional groups attached to an aromatic ring is 1. The van der Waals surface area contributed by atoms with E-state index in [1.165, 1.54) is 11.3 Å². The molecule has 1 unspecified atom stereocenters. The molecular formula is C13H21N3OS. The number of rotatable bonds is 5. The van der Waals surface area contributed by atoms with Crippen LogP contribution in [0, 0.1) is 5.92 Å². The molecule has 0 aromatic carbocycles. The van der Waals surface area contributed by atoms with Crippen LogP contribution in [-0.4, -0.2) is 18.0 Å². The Labute approximate surface area is 112 Å². The van der Waals surface area contributed by atoms with E-state index in [9.17, 15) is 4.79 Å². The van der Waals surface area contributed by atoms with Crippen LogP contribution in [0.3, 0.4) is 0 Å². The monoisotopic (exact) mass is 267 g/mol. The van der Waals surface area contributed by atoms with Crippen molar-refractivity contribution in [2.45, 2.75) is 45.7 Å². The van der Waals surface area contributed by atoms with Gasteiger partial charge in [0.1, 0.15) is 4.88 Å². The van der Waals surface area contributed by atoms with Gasteiger partial charge in [-0.25, -0.2) is 0 Å². The lowest BCUT2D eigenvalue weighted by atomic mass is 10.1. The van der Waals surface area contributed by atoms with Gasteiger partial charge in [0.05, 0.1) is 10.7 Å². The lowest BCUT2D eigenvalue weighted by molar-refractivity contribution is 0.0956. The Kier molecular flexibility index (Phi) is 3.80. The number of nitrogens with one attached hydrogen (secondary N) is 2. The molecule has 0 aliphatic heterocycles. The summed E-state index contributed by atoms with van der Waals surface area (Å²) in [6.07, 6.45) is 2.18. The van der Waals surface area contributed by atoms with Crippen molar-refractivity contribution in [3.63, 3.8) is 0 Å². The molecule has 1 atom stereocenters. The second-order valence-electron chi connectivity index (χ2n) is 5.32. The summed E-state index contributed by atoms with van der Waals surface area (Å²) in [6, 6.07) is 2.58. The molecule has 5 heteroatoms. The highest BCUT2D eigenvalue weighted by Gasteiger charge is 2.25. The van der Waals surface area contributed by atoms with Gasteiger partial charge in [0, 0.05) is 12.1 Å². The molecule has 18 heavy (non-hydrogen) atoms. The lowest BCUT2D eigenvalue weighted by Crippen LogP contribution is -2.25. The molecule has 2 rings (SSSR count). The Hall–Kier alpha value is -1.23. The highest BCUT2D eigenvalue weighted by atomic mass is 32.1. The van der Waals surface area contributed by atoms with Crippen molar-refractivity contribution in [2.24, 2.45) is 5.92 Å². The Bertz CT molecular complexity index is 437. The molecule has 1 heterocycles. The third-order valence-corrected chi connectivity index (χ3v) is 4.33. The molecule has 0 spiro atoms. The number of carbonyl (C=O) groups is 1. The zero-order valence-corrected chi connectivity index (χ0v) is 11.9. The molecule has 100 valence electrons. The highest BCUT2D eigenvalue weighted by molar-refractivity contribution is 7.18. The molecular weight excluding hydrogens is 246 g/mol. The third kappa shape index (κ3) is 3.16. The molecule has 1 aliphatic carbocycles. The first-order valence-electron chi connectivity index (χ1n) is 6.44. The molecule has 1 saturated carbocycles. The molecule has 0 saturated heterocycles. The van der Waals surface area contributed by atoms with Crippen molar-refractivity contribution in [2.75, 3.05) is 11.1 Å². The summed E-state index contributed by atoms with van der Waals surface area (Å²) in [5.41, 5.74) is 6.47. The number of hydrogen-bond donors (Lipinski definition) is 3. The van der Waals surface area contributed by atoms with Gasteiger partial charge in [0.15, 0.2) is 0 Å². The molecule has 4 N–H and O–H groups in total. The predicted molar refractivity (Wildman–Crippen MR) is 77.1 cm³/mol. The van der Waals surface area contributed by atoms with E-state index in [4.69, 9.17) is 5.73 Å². The van der Waals surface area contributed by atoms with Crippen LogP contribution < -0.4 is 16.4 Å². The minimum absolute atomic E-state index is 0.0368. The van der Waals surface area contributed by atoms with E-state index in [0.717, 1.165) is 17.8 Å². The van der Waals surface area contributed by atoms with Crippen molar-refractivity contribution in [1.82, 2.24) is 5.32 Å². The van der Waals surface area contributed by atoms with Crippen LogP contribution in [-0.2, 0) is 0 Å². The summed E-state index contributed by atoms with van der Waals surface area (Å²) < 4.78 is 0. The Morgan fingerprint density at radius 3 is 2.67 bits per heavy atom. The highest BCUT2D eigenvalue weighted by Crippen LogP contribution is 2.31. The van der Waals surface area contributed by atoms with E-state index in [-0.39, 0.29) is 5.91 Å². The van der Waals surface area contributed by atoms with Crippen LogP contribution in [0.15, 0.2) is 6.07 Å². The summed E-state index contributed by atoms with van der Waals surface area (Å²) in [4.78, 5) is 12.6. The van der Waals surface area contributed by atoms with Crippen LogP contribution >= 0.6 is 11.3 Å². The van der Waals surface area contributed by atoms with Crippen LogP contribution in [0.25, 0.3) is 0 Å². The van der Waals surface area contributed by atoms with E-state index in [2.05, 4.69) is 31.4 Å². The zero-order chi connectivity index (χ0) is 13.3. The first-order chi connectivity index (χ1) is 8.47. The summed E-state index contributed by atoms with van der Waals surface area (Å²) in [7, 11) is 0. The predicted octanol–water partition coefficient (Wildman–Crippen LogP) is 2.68. The lowest BCUT2D eigenvalue weighted by Gasteiger charge is -2.16. The number of nitrogens with two attached hydrogens (primary N) is 1. The molecule has 1 aromatic rings. The standard InChI is InChI=1S/C13H21N3OS/c1-7(2)8(3)15-11-6-10(14)12(18-11)13(17)16-9-4-5-9/h6-9,15H,4-5,14H2,1-3H3,(H,16,17). The number of anilines is 2. The van der Waals surface area contributed by atoms with Crippen molar-refractivity contribution in [3.8, 4) is 0 Å². The topological polar surface area (TPSA) is 67.1 Å². The van der Waals surface area contributed by atoms with Gasteiger partial charge in [0.25, 0.3) is 5.91 Å². The second-order valence-corrected chi connectivity index (χ2v) is 6.37. The minimum atomic E-state index is -0.0368. The fraction of sp³-hybridized carbons (Fsp3) is 0.615. The van der Waals surface area contributed by atoms with E-state index >= 15 is 0 Å². The molecule has 0 bridgehead atoms. The number of thiophene rings is 1. The normalized spacial score (nSPS) is 16.7. The fourth-order valence-corrected chi connectivity index (χ4v) is 2.50. The Morgan fingerprint density at radius 2 is 2.11 bits per heavy atom. The summed E-state index contributed by atoms with van der Waals surface area (Å²) >= 11 is 1.43. The van der Waals surface area contributed by atoms with Gasteiger partial charge in [-0.15, -0.1) is 11.3 Å². The maximum absolute atomic E-state index is 11.9. The van der Waals surface area contributed by atoms with Gasteiger partial charge in [-0.1, -0.05) is 13.8 Å². The van der Waals surface area contributed by atoms with E-state index < -0.39 is 0 Å². The maximum atomic E-state index is 11.9. The minimum Gasteiger partial charge on any atom is -0.397 e. The summed E-state index contributed by atoms with van der Waals surface area (Å²) in [6.45, 7) is 6.45. The van der Waals surface area contributed by atoms with Crippen LogP contribution in [0.4, 0.5) is 10.7 Å².